The maximum atomic E-state index is 11.8. The number of nitrogens with zero attached hydrogens (tertiary/aromatic N) is 2. The Kier molecular flexibility index (Phi) is 11.0. The number of fused-ring (bicyclic) bond motifs is 1. The number of hydrogen-bond donors (Lipinski definition) is 8. The molecule has 0 bridgehead atoms. The van der Waals surface area contributed by atoms with Crippen molar-refractivity contribution in [2.75, 3.05) is 18.2 Å². The minimum atomic E-state index is -4.28. The lowest BCUT2D eigenvalue weighted by atomic mass is 10.1. The Morgan fingerprint density at radius 1 is 0.841 bits per heavy atom. The van der Waals surface area contributed by atoms with E-state index in [1.807, 2.05) is 6.92 Å². The van der Waals surface area contributed by atoms with Crippen LogP contribution in [0, 0.1) is 6.92 Å². The standard InChI is InChI=1S/C26H28N4O9S2.O2S/c1-14-4-6-17(7-5-14)39-25-11-19(41(35,36)37)9-16-8-18(40(32,33)34)10-23(26(16)25)30-29-22-13-24(38-3)20(27)12-21(22)28-15(2)31;1-3-2/h4-13,32-37H,27H2,1-3H3,(H,28,31);. The Balaban J connectivity index is 0.00000169. The Morgan fingerprint density at radius 3 is 1.91 bits per heavy atom. The molecular weight excluding hydrogens is 641 g/mol. The second kappa shape index (κ2) is 14.1. The minimum absolute atomic E-state index is 0.00210. The lowest BCUT2D eigenvalue weighted by Crippen LogP contribution is -2.06. The third-order valence-electron chi connectivity index (χ3n) is 5.74. The van der Waals surface area contributed by atoms with Gasteiger partial charge in [-0.1, -0.05) is 17.7 Å². The molecule has 0 atom stereocenters. The number of aryl methyl sites for hydroxylation is 1. The van der Waals surface area contributed by atoms with Crippen LogP contribution in [0.25, 0.3) is 10.8 Å². The quantitative estimate of drug-likeness (QED) is 0.0675. The molecule has 0 aliphatic carbocycles. The van der Waals surface area contributed by atoms with Crippen molar-refractivity contribution in [1.29, 1.82) is 0 Å². The van der Waals surface area contributed by atoms with Crippen LogP contribution in [0.4, 0.5) is 22.7 Å². The van der Waals surface area contributed by atoms with Gasteiger partial charge in [-0.05, 0) is 48.7 Å². The van der Waals surface area contributed by atoms with Gasteiger partial charge in [-0.2, -0.15) is 8.42 Å². The van der Waals surface area contributed by atoms with E-state index in [1.165, 1.54) is 44.4 Å². The molecule has 236 valence electrons. The minimum Gasteiger partial charge on any atom is -0.495 e. The molecule has 4 aromatic carbocycles. The van der Waals surface area contributed by atoms with Crippen molar-refractivity contribution in [2.24, 2.45) is 10.2 Å². The van der Waals surface area contributed by atoms with Gasteiger partial charge in [-0.3, -0.25) is 4.79 Å². The third kappa shape index (κ3) is 8.72. The summed E-state index contributed by atoms with van der Waals surface area (Å²) < 4.78 is 87.9. The molecule has 0 fully saturated rings. The van der Waals surface area contributed by atoms with E-state index in [0.29, 0.717) is 5.75 Å². The van der Waals surface area contributed by atoms with Crippen LogP contribution in [0.3, 0.4) is 0 Å². The average Bonchev–Trinajstić information content (AvgIpc) is 2.92. The molecule has 0 unspecified atom stereocenters. The van der Waals surface area contributed by atoms with Crippen LogP contribution in [-0.4, -0.2) is 48.8 Å². The summed E-state index contributed by atoms with van der Waals surface area (Å²) in [5.74, 6) is 0.203. The number of benzene rings is 4. The number of amides is 1. The van der Waals surface area contributed by atoms with Gasteiger partial charge in [-0.25, -0.2) is 0 Å². The van der Waals surface area contributed by atoms with Crippen LogP contribution in [0.2, 0.25) is 0 Å². The lowest BCUT2D eigenvalue weighted by molar-refractivity contribution is -0.114. The summed E-state index contributed by atoms with van der Waals surface area (Å²) in [5, 5.41) is 11.4. The van der Waals surface area contributed by atoms with Crippen molar-refractivity contribution in [3.63, 3.8) is 0 Å². The molecule has 0 saturated heterocycles. The molecule has 1 amide bonds. The van der Waals surface area contributed by atoms with E-state index in [2.05, 4.69) is 15.5 Å². The van der Waals surface area contributed by atoms with Gasteiger partial charge in [0, 0.05) is 19.1 Å². The van der Waals surface area contributed by atoms with Crippen LogP contribution >= 0.6 is 21.7 Å². The van der Waals surface area contributed by atoms with Gasteiger partial charge in [-0.15, -0.1) is 10.2 Å². The fourth-order valence-corrected chi connectivity index (χ4v) is 4.96. The first-order valence-electron chi connectivity index (χ1n) is 12.0. The Morgan fingerprint density at radius 2 is 1.39 bits per heavy atom. The first-order valence-corrected chi connectivity index (χ1v) is 15.7. The molecule has 0 heterocycles. The highest BCUT2D eigenvalue weighted by Gasteiger charge is 2.24. The number of methoxy groups -OCH3 is 1. The number of nitrogens with one attached hydrogen (secondary N) is 1. The van der Waals surface area contributed by atoms with E-state index in [-0.39, 0.29) is 54.8 Å². The summed E-state index contributed by atoms with van der Waals surface area (Å²) in [6.45, 7) is 3.18. The zero-order valence-electron chi connectivity index (χ0n) is 23.2. The highest BCUT2D eigenvalue weighted by atomic mass is 32.3. The molecule has 15 nitrogen and oxygen atoms in total. The zero-order valence-corrected chi connectivity index (χ0v) is 25.6. The Hall–Kier alpha value is -4.11. The van der Waals surface area contributed by atoms with E-state index in [0.717, 1.165) is 11.6 Å². The molecule has 18 heteroatoms. The average molecular weight is 669 g/mol. The van der Waals surface area contributed by atoms with Crippen molar-refractivity contribution in [2.45, 2.75) is 23.6 Å². The zero-order chi connectivity index (χ0) is 32.8. The van der Waals surface area contributed by atoms with E-state index < -0.39 is 39.2 Å². The van der Waals surface area contributed by atoms with Crippen molar-refractivity contribution >= 4 is 72.7 Å². The Bertz CT molecular complexity index is 1740. The predicted octanol–water partition coefficient (Wildman–Crippen LogP) is 7.40. The summed E-state index contributed by atoms with van der Waals surface area (Å²) >= 11 is -0.750. The second-order valence-electron chi connectivity index (χ2n) is 8.98. The maximum Gasteiger partial charge on any atom is 0.335 e. The Labute approximate surface area is 257 Å². The number of anilines is 2. The molecule has 0 saturated carbocycles. The van der Waals surface area contributed by atoms with Crippen LogP contribution in [-0.2, 0) is 16.4 Å². The fourth-order valence-electron chi connectivity index (χ4n) is 3.85. The molecule has 4 rings (SSSR count). The monoisotopic (exact) mass is 668 g/mol. The SMILES string of the molecule is COc1cc(N=Nc2cc(S(O)(O)O)cc3cc(S(O)(O)O)cc(Oc4ccc(C)cc4)c23)c(NC(C)=O)cc1N.O=S=O. The van der Waals surface area contributed by atoms with Crippen LogP contribution in [0.15, 0.2) is 80.7 Å². The van der Waals surface area contributed by atoms with Crippen molar-refractivity contribution in [3.8, 4) is 17.2 Å². The first kappa shape index (κ1) is 34.4. The topological polar surface area (TPSA) is 254 Å². The second-order valence-corrected chi connectivity index (χ2v) is 12.1. The van der Waals surface area contributed by atoms with Crippen LogP contribution in [0.5, 0.6) is 17.2 Å². The number of nitrogen functional groups attached to an aromatic ring is 1. The number of nitrogens with two attached hydrogens (primary N) is 1. The number of carbonyl (C=O) groups excluding carboxylic acids is 1. The molecule has 0 spiro atoms. The largest absolute Gasteiger partial charge is 0.495 e. The van der Waals surface area contributed by atoms with Gasteiger partial charge < -0.3 is 47.8 Å². The van der Waals surface area contributed by atoms with E-state index in [9.17, 15) is 32.1 Å². The summed E-state index contributed by atoms with van der Waals surface area (Å²) in [5.41, 5.74) is 7.45. The highest BCUT2D eigenvalue weighted by Crippen LogP contribution is 2.52. The van der Waals surface area contributed by atoms with Crippen molar-refractivity contribution < 1.29 is 50.0 Å². The summed E-state index contributed by atoms with van der Waals surface area (Å²) in [6, 6.07) is 14.5. The number of hydrogen-bond acceptors (Lipinski definition) is 14. The molecule has 9 N–H and O–H groups in total. The lowest BCUT2D eigenvalue weighted by Gasteiger charge is -2.23. The summed E-state index contributed by atoms with van der Waals surface area (Å²) in [7, 11) is -7.13. The summed E-state index contributed by atoms with van der Waals surface area (Å²) in [6.07, 6.45) is 0. The molecule has 0 aliphatic rings. The smallest absolute Gasteiger partial charge is 0.335 e. The number of rotatable bonds is 8. The number of carbonyl (C=O) groups is 1. The van der Waals surface area contributed by atoms with Crippen molar-refractivity contribution in [1.82, 2.24) is 0 Å². The molecule has 0 aliphatic heterocycles. The molecule has 4 aromatic rings. The van der Waals surface area contributed by atoms with Crippen molar-refractivity contribution in [3.05, 3.63) is 66.2 Å². The fraction of sp³-hybridized carbons (Fsp3) is 0.115. The van der Waals surface area contributed by atoms with E-state index in [1.54, 1.807) is 24.3 Å². The molecular formula is C26H28N4O11S3. The number of ether oxygens (including phenoxy) is 2. The first-order chi connectivity index (χ1) is 20.6. The third-order valence-corrected chi connectivity index (χ3v) is 7.48. The van der Waals surface area contributed by atoms with Crippen LogP contribution in [0.1, 0.15) is 12.5 Å². The van der Waals surface area contributed by atoms with Gasteiger partial charge >= 0.3 is 11.6 Å². The van der Waals surface area contributed by atoms with Gasteiger partial charge in [0.1, 0.15) is 44.7 Å². The predicted molar refractivity (Wildman–Crippen MR) is 167 cm³/mol. The van der Waals surface area contributed by atoms with E-state index in [4.69, 9.17) is 23.6 Å². The van der Waals surface area contributed by atoms with Gasteiger partial charge in [0.2, 0.25) is 5.91 Å². The molecule has 0 aromatic heterocycles. The van der Waals surface area contributed by atoms with E-state index >= 15 is 0 Å². The summed E-state index contributed by atoms with van der Waals surface area (Å²) in [4.78, 5) is 11.1. The molecule has 44 heavy (non-hydrogen) atoms. The molecule has 0 radical (unpaired) electrons. The van der Waals surface area contributed by atoms with Gasteiger partial charge in [0.05, 0.1) is 39.3 Å². The number of azo groups is 1. The normalized spacial score (nSPS) is 12.3. The van der Waals surface area contributed by atoms with Gasteiger partial charge in [0.15, 0.2) is 0 Å². The van der Waals surface area contributed by atoms with Gasteiger partial charge in [0.25, 0.3) is 0 Å². The highest BCUT2D eigenvalue weighted by molar-refractivity contribution is 8.19. The maximum absolute atomic E-state index is 11.8. The van der Waals surface area contributed by atoms with Crippen LogP contribution < -0.4 is 20.5 Å².